The molecule has 0 aromatic heterocycles. The van der Waals surface area contributed by atoms with Gasteiger partial charge in [-0.15, -0.1) is 0 Å². The Labute approximate surface area is 146 Å². The van der Waals surface area contributed by atoms with E-state index in [0.717, 1.165) is 5.56 Å². The molecule has 0 unspecified atom stereocenters. The molecule has 2 aromatic rings. The molecule has 2 rings (SSSR count). The van der Waals surface area contributed by atoms with Gasteiger partial charge in [-0.3, -0.25) is 4.79 Å². The molecule has 126 valence electrons. The summed E-state index contributed by atoms with van der Waals surface area (Å²) in [7, 11) is 0. The van der Waals surface area contributed by atoms with Crippen LogP contribution in [0.3, 0.4) is 0 Å². The van der Waals surface area contributed by atoms with Crippen molar-refractivity contribution in [2.45, 2.75) is 25.7 Å². The van der Waals surface area contributed by atoms with E-state index >= 15 is 0 Å². The van der Waals surface area contributed by atoms with E-state index in [4.69, 9.17) is 16.7 Å². The SMILES string of the molecule is CC(C)(CNC(=O)Cc1ccccc1C(=O)O)c1ccc(Cl)cc1. The zero-order valence-electron chi connectivity index (χ0n) is 13.7. The first-order chi connectivity index (χ1) is 11.3. The van der Waals surface area contributed by atoms with E-state index in [1.54, 1.807) is 18.2 Å². The predicted molar refractivity (Wildman–Crippen MR) is 94.6 cm³/mol. The van der Waals surface area contributed by atoms with Gasteiger partial charge in [0.25, 0.3) is 0 Å². The van der Waals surface area contributed by atoms with Gasteiger partial charge in [-0.2, -0.15) is 0 Å². The highest BCUT2D eigenvalue weighted by Crippen LogP contribution is 2.24. The Morgan fingerprint density at radius 3 is 2.33 bits per heavy atom. The molecule has 0 heterocycles. The van der Waals surface area contributed by atoms with Gasteiger partial charge in [0, 0.05) is 17.0 Å². The minimum Gasteiger partial charge on any atom is -0.478 e. The summed E-state index contributed by atoms with van der Waals surface area (Å²) in [6, 6.07) is 14.1. The van der Waals surface area contributed by atoms with Crippen LogP contribution < -0.4 is 5.32 Å². The topological polar surface area (TPSA) is 66.4 Å². The van der Waals surface area contributed by atoms with E-state index in [9.17, 15) is 9.59 Å². The van der Waals surface area contributed by atoms with Crippen LogP contribution in [0.4, 0.5) is 0 Å². The van der Waals surface area contributed by atoms with Crippen molar-refractivity contribution in [3.05, 3.63) is 70.2 Å². The molecule has 0 aliphatic carbocycles. The number of hydrogen-bond donors (Lipinski definition) is 2. The second kappa shape index (κ2) is 7.49. The van der Waals surface area contributed by atoms with Crippen LogP contribution in [0.1, 0.15) is 35.3 Å². The summed E-state index contributed by atoms with van der Waals surface area (Å²) in [5.74, 6) is -1.23. The number of halogens is 1. The summed E-state index contributed by atoms with van der Waals surface area (Å²) < 4.78 is 0. The van der Waals surface area contributed by atoms with E-state index in [-0.39, 0.29) is 23.3 Å². The van der Waals surface area contributed by atoms with Gasteiger partial charge < -0.3 is 10.4 Å². The van der Waals surface area contributed by atoms with Gasteiger partial charge in [-0.05, 0) is 29.3 Å². The van der Waals surface area contributed by atoms with E-state index in [1.165, 1.54) is 6.07 Å². The number of carboxylic acids is 1. The highest BCUT2D eigenvalue weighted by Gasteiger charge is 2.22. The zero-order chi connectivity index (χ0) is 17.7. The van der Waals surface area contributed by atoms with Crippen molar-refractivity contribution >= 4 is 23.5 Å². The lowest BCUT2D eigenvalue weighted by atomic mass is 9.84. The molecular weight excluding hydrogens is 326 g/mol. The molecule has 5 heteroatoms. The fraction of sp³-hybridized carbons (Fsp3) is 0.263. The normalized spacial score (nSPS) is 11.1. The maximum atomic E-state index is 12.2. The molecule has 1 amide bonds. The van der Waals surface area contributed by atoms with Crippen LogP contribution in [0.15, 0.2) is 48.5 Å². The summed E-state index contributed by atoms with van der Waals surface area (Å²) in [6.45, 7) is 4.51. The van der Waals surface area contributed by atoms with Crippen LogP contribution in [0.2, 0.25) is 5.02 Å². The Morgan fingerprint density at radius 2 is 1.71 bits per heavy atom. The Bertz CT molecular complexity index is 739. The summed E-state index contributed by atoms with van der Waals surface area (Å²) in [4.78, 5) is 23.4. The third-order valence-corrected chi connectivity index (χ3v) is 4.20. The minimum atomic E-state index is -1.03. The third kappa shape index (κ3) is 4.59. The van der Waals surface area contributed by atoms with E-state index in [1.807, 2.05) is 38.1 Å². The average molecular weight is 346 g/mol. The number of nitrogens with one attached hydrogen (secondary N) is 1. The Hall–Kier alpha value is -2.33. The molecule has 0 aliphatic rings. The van der Waals surface area contributed by atoms with Gasteiger partial charge >= 0.3 is 5.97 Å². The first-order valence-electron chi connectivity index (χ1n) is 7.63. The number of carbonyl (C=O) groups is 2. The van der Waals surface area contributed by atoms with Gasteiger partial charge in [-0.25, -0.2) is 4.79 Å². The zero-order valence-corrected chi connectivity index (χ0v) is 14.4. The van der Waals surface area contributed by atoms with Gasteiger partial charge in [0.2, 0.25) is 5.91 Å². The smallest absolute Gasteiger partial charge is 0.335 e. The predicted octanol–water partition coefficient (Wildman–Crippen LogP) is 3.67. The second-order valence-corrected chi connectivity index (χ2v) is 6.74. The Balaban J connectivity index is 2.00. The van der Waals surface area contributed by atoms with Crippen LogP contribution in [-0.4, -0.2) is 23.5 Å². The maximum Gasteiger partial charge on any atom is 0.335 e. The summed E-state index contributed by atoms with van der Waals surface area (Å²) in [6.07, 6.45) is 0.0408. The quantitative estimate of drug-likeness (QED) is 0.839. The van der Waals surface area contributed by atoms with Crippen molar-refractivity contribution in [1.82, 2.24) is 5.32 Å². The molecule has 0 saturated carbocycles. The lowest BCUT2D eigenvalue weighted by Crippen LogP contribution is -2.37. The van der Waals surface area contributed by atoms with Crippen molar-refractivity contribution in [2.24, 2.45) is 0 Å². The number of aromatic carboxylic acids is 1. The van der Waals surface area contributed by atoms with Gasteiger partial charge in [0.05, 0.1) is 12.0 Å². The molecule has 2 N–H and O–H groups in total. The van der Waals surface area contributed by atoms with Crippen molar-refractivity contribution in [3.8, 4) is 0 Å². The number of amides is 1. The molecule has 0 saturated heterocycles. The summed E-state index contributed by atoms with van der Waals surface area (Å²) >= 11 is 5.90. The van der Waals surface area contributed by atoms with E-state index in [0.29, 0.717) is 17.1 Å². The van der Waals surface area contributed by atoms with Crippen LogP contribution in [0.25, 0.3) is 0 Å². The molecule has 0 atom stereocenters. The summed E-state index contributed by atoms with van der Waals surface area (Å²) in [5, 5.41) is 12.7. The molecule has 2 aromatic carbocycles. The fourth-order valence-electron chi connectivity index (χ4n) is 2.44. The number of hydrogen-bond acceptors (Lipinski definition) is 2. The molecule has 0 radical (unpaired) electrons. The van der Waals surface area contributed by atoms with Crippen molar-refractivity contribution in [1.29, 1.82) is 0 Å². The minimum absolute atomic E-state index is 0.0408. The maximum absolute atomic E-state index is 12.2. The monoisotopic (exact) mass is 345 g/mol. The Kier molecular flexibility index (Phi) is 5.62. The highest BCUT2D eigenvalue weighted by atomic mass is 35.5. The number of carboxylic acid groups (broad SMARTS) is 1. The first-order valence-corrected chi connectivity index (χ1v) is 8.01. The lowest BCUT2D eigenvalue weighted by molar-refractivity contribution is -0.120. The lowest BCUT2D eigenvalue weighted by Gasteiger charge is -2.25. The van der Waals surface area contributed by atoms with Gasteiger partial charge in [-0.1, -0.05) is 55.8 Å². The van der Waals surface area contributed by atoms with Crippen molar-refractivity contribution < 1.29 is 14.7 Å². The third-order valence-electron chi connectivity index (χ3n) is 3.95. The van der Waals surface area contributed by atoms with Crippen LogP contribution in [-0.2, 0) is 16.6 Å². The van der Waals surface area contributed by atoms with E-state index in [2.05, 4.69) is 5.32 Å². The second-order valence-electron chi connectivity index (χ2n) is 6.31. The molecule has 0 aliphatic heterocycles. The number of carbonyl (C=O) groups excluding carboxylic acids is 1. The van der Waals surface area contributed by atoms with E-state index < -0.39 is 5.97 Å². The number of rotatable bonds is 6. The molecule has 4 nitrogen and oxygen atoms in total. The van der Waals surface area contributed by atoms with Crippen LogP contribution >= 0.6 is 11.6 Å². The van der Waals surface area contributed by atoms with Crippen molar-refractivity contribution in [2.75, 3.05) is 6.54 Å². The van der Waals surface area contributed by atoms with Crippen LogP contribution in [0, 0.1) is 0 Å². The molecule has 0 bridgehead atoms. The average Bonchev–Trinajstić information content (AvgIpc) is 2.54. The Morgan fingerprint density at radius 1 is 1.08 bits per heavy atom. The molecule has 0 fully saturated rings. The fourth-order valence-corrected chi connectivity index (χ4v) is 2.57. The number of benzene rings is 2. The molecule has 24 heavy (non-hydrogen) atoms. The van der Waals surface area contributed by atoms with Gasteiger partial charge in [0.15, 0.2) is 0 Å². The standard InChI is InChI=1S/C19H20ClNO3/c1-19(2,14-7-9-15(20)10-8-14)12-21-17(22)11-13-5-3-4-6-16(13)18(23)24/h3-10H,11-12H2,1-2H3,(H,21,22)(H,23,24). The largest absolute Gasteiger partial charge is 0.478 e. The van der Waals surface area contributed by atoms with Crippen LogP contribution in [0.5, 0.6) is 0 Å². The highest BCUT2D eigenvalue weighted by molar-refractivity contribution is 6.30. The van der Waals surface area contributed by atoms with Crippen molar-refractivity contribution in [3.63, 3.8) is 0 Å². The van der Waals surface area contributed by atoms with Gasteiger partial charge in [0.1, 0.15) is 0 Å². The molecule has 0 spiro atoms. The summed E-state index contributed by atoms with van der Waals surface area (Å²) in [5.41, 5.74) is 1.47. The molecular formula is C19H20ClNO3. The first kappa shape index (κ1) is 18.0.